The molecule has 1 rings (SSSR count). The Labute approximate surface area is 96.9 Å². The second kappa shape index (κ2) is 8.16. The highest BCUT2D eigenvalue weighted by molar-refractivity contribution is 5.31. The summed E-state index contributed by atoms with van der Waals surface area (Å²) in [7, 11) is 0. The molecule has 0 fully saturated rings. The first-order valence-corrected chi connectivity index (χ1v) is 4.82. The van der Waals surface area contributed by atoms with Gasteiger partial charge in [0.05, 0.1) is 0 Å². The van der Waals surface area contributed by atoms with E-state index in [1.54, 1.807) is 6.07 Å². The van der Waals surface area contributed by atoms with Crippen LogP contribution < -0.4 is 0 Å². The molecule has 0 atom stereocenters. The second-order valence-corrected chi connectivity index (χ2v) is 2.99. The summed E-state index contributed by atoms with van der Waals surface area (Å²) in [4.78, 5) is 0. The predicted octanol–water partition coefficient (Wildman–Crippen LogP) is 2.95. The fourth-order valence-corrected chi connectivity index (χ4v) is 1.01. The van der Waals surface area contributed by atoms with Crippen molar-refractivity contribution in [3.8, 4) is 36.5 Å². The molecule has 0 radical (unpaired) electrons. The number of hydrogen-bond donors (Lipinski definition) is 0. The molecule has 1 heteroatoms. The van der Waals surface area contributed by atoms with Crippen molar-refractivity contribution in [2.75, 3.05) is 0 Å². The Hall–Kier alpha value is -2.17. The maximum absolute atomic E-state index is 12.9. The molecule has 16 heavy (non-hydrogen) atoms. The van der Waals surface area contributed by atoms with Crippen LogP contribution in [0.25, 0.3) is 0 Å². The van der Waals surface area contributed by atoms with Gasteiger partial charge in [0, 0.05) is 0 Å². The van der Waals surface area contributed by atoms with E-state index in [1.165, 1.54) is 0 Å². The Morgan fingerprint density at radius 2 is 1.75 bits per heavy atom. The van der Waals surface area contributed by atoms with Gasteiger partial charge in [0.15, 0.2) is 0 Å². The highest BCUT2D eigenvalue weighted by Gasteiger charge is 1.97. The first-order chi connectivity index (χ1) is 7.65. The molecule has 80 valence electrons. The zero-order chi connectivity index (χ0) is 12.4. The van der Waals surface area contributed by atoms with Gasteiger partial charge in [-0.2, -0.15) is 0 Å². The van der Waals surface area contributed by atoms with Crippen molar-refractivity contribution in [2.45, 2.75) is 20.3 Å². The SMILES string of the molecule is C#CC#CC#C.CCc1ccc(C)cc1F. The van der Waals surface area contributed by atoms with E-state index in [-0.39, 0.29) is 5.82 Å². The summed E-state index contributed by atoms with van der Waals surface area (Å²) in [5.74, 6) is 8.53. The van der Waals surface area contributed by atoms with Gasteiger partial charge in [-0.3, -0.25) is 0 Å². The van der Waals surface area contributed by atoms with E-state index >= 15 is 0 Å². The number of rotatable bonds is 1. The first kappa shape index (κ1) is 13.8. The molecule has 0 aliphatic carbocycles. The number of benzene rings is 1. The fraction of sp³-hybridized carbons (Fsp3) is 0.200. The van der Waals surface area contributed by atoms with E-state index < -0.39 is 0 Å². The Morgan fingerprint density at radius 1 is 1.19 bits per heavy atom. The first-order valence-electron chi connectivity index (χ1n) is 4.82. The molecule has 0 spiro atoms. The van der Waals surface area contributed by atoms with Crippen molar-refractivity contribution in [1.29, 1.82) is 0 Å². The lowest BCUT2D eigenvalue weighted by Gasteiger charge is -1.98. The topological polar surface area (TPSA) is 0 Å². The Bertz CT molecular complexity index is 455. The minimum atomic E-state index is -0.0810. The van der Waals surface area contributed by atoms with Crippen LogP contribution in [0.1, 0.15) is 18.1 Å². The average molecular weight is 212 g/mol. The Morgan fingerprint density at radius 3 is 2.12 bits per heavy atom. The highest BCUT2D eigenvalue weighted by Crippen LogP contribution is 2.09. The summed E-state index contributed by atoms with van der Waals surface area (Å²) in [6, 6.07) is 5.34. The van der Waals surface area contributed by atoms with Crippen LogP contribution in [0.5, 0.6) is 0 Å². The van der Waals surface area contributed by atoms with Gasteiger partial charge >= 0.3 is 0 Å². The molecule has 0 aliphatic rings. The minimum Gasteiger partial charge on any atom is -0.207 e. The van der Waals surface area contributed by atoms with E-state index in [4.69, 9.17) is 12.8 Å². The lowest BCUT2D eigenvalue weighted by atomic mass is 10.1. The summed E-state index contributed by atoms with van der Waals surface area (Å²) >= 11 is 0. The van der Waals surface area contributed by atoms with E-state index in [2.05, 4.69) is 23.7 Å². The van der Waals surface area contributed by atoms with Gasteiger partial charge in [-0.1, -0.05) is 19.1 Å². The van der Waals surface area contributed by atoms with Crippen LogP contribution in [0.3, 0.4) is 0 Å². The number of halogens is 1. The molecule has 0 aromatic heterocycles. The maximum atomic E-state index is 12.9. The normalized spacial score (nSPS) is 7.31. The zero-order valence-electron chi connectivity index (χ0n) is 9.47. The lowest BCUT2D eigenvalue weighted by molar-refractivity contribution is 0.611. The molecule has 1 aromatic rings. The quantitative estimate of drug-likeness (QED) is 0.628. The molecule has 0 saturated carbocycles. The van der Waals surface area contributed by atoms with Gasteiger partial charge in [0.1, 0.15) is 5.82 Å². The third-order valence-electron chi connectivity index (χ3n) is 1.80. The summed E-state index contributed by atoms with van der Waals surface area (Å²) in [6.07, 6.45) is 10.2. The van der Waals surface area contributed by atoms with Gasteiger partial charge < -0.3 is 0 Å². The van der Waals surface area contributed by atoms with Crippen LogP contribution in [-0.2, 0) is 6.42 Å². The van der Waals surface area contributed by atoms with Gasteiger partial charge in [0.25, 0.3) is 0 Å². The van der Waals surface area contributed by atoms with Crippen molar-refractivity contribution in [3.05, 3.63) is 35.1 Å². The molecule has 1 aromatic carbocycles. The summed E-state index contributed by atoms with van der Waals surface area (Å²) < 4.78 is 12.9. The fourth-order valence-electron chi connectivity index (χ4n) is 1.01. The van der Waals surface area contributed by atoms with Gasteiger partial charge in [-0.05, 0) is 54.2 Å². The molecule has 0 aliphatic heterocycles. The van der Waals surface area contributed by atoms with Gasteiger partial charge in [0.2, 0.25) is 0 Å². The minimum absolute atomic E-state index is 0.0810. The number of aryl methyl sites for hydroxylation is 2. The second-order valence-electron chi connectivity index (χ2n) is 2.99. The van der Waals surface area contributed by atoms with Gasteiger partial charge in [-0.15, -0.1) is 12.8 Å². The van der Waals surface area contributed by atoms with E-state index in [0.717, 1.165) is 17.5 Å². The third kappa shape index (κ3) is 5.54. The molecule has 0 unspecified atom stereocenters. The molecule has 0 nitrogen and oxygen atoms in total. The van der Waals surface area contributed by atoms with Crippen molar-refractivity contribution >= 4 is 0 Å². The summed E-state index contributed by atoms with van der Waals surface area (Å²) in [5.41, 5.74) is 1.78. The number of terminal acetylenes is 2. The van der Waals surface area contributed by atoms with E-state index in [0.29, 0.717) is 0 Å². The van der Waals surface area contributed by atoms with Gasteiger partial charge in [-0.25, -0.2) is 4.39 Å². The molecular weight excluding hydrogens is 199 g/mol. The smallest absolute Gasteiger partial charge is 0.126 e. The van der Waals surface area contributed by atoms with E-state index in [9.17, 15) is 4.39 Å². The summed E-state index contributed by atoms with van der Waals surface area (Å²) in [6.45, 7) is 3.84. The predicted molar refractivity (Wildman–Crippen MR) is 66.0 cm³/mol. The molecule has 0 saturated heterocycles. The third-order valence-corrected chi connectivity index (χ3v) is 1.80. The van der Waals surface area contributed by atoms with Crippen LogP contribution in [0.15, 0.2) is 18.2 Å². The Kier molecular flexibility index (Phi) is 7.06. The maximum Gasteiger partial charge on any atom is 0.126 e. The average Bonchev–Trinajstić information content (AvgIpc) is 2.27. The standard InChI is InChI=1S/C9H11F.C6H2/c1-3-8-5-4-7(2)6-9(8)10;1-3-5-6-4-2/h4-6H,3H2,1-2H3;1-2H. The molecule has 0 bridgehead atoms. The number of hydrogen-bond acceptors (Lipinski definition) is 0. The van der Waals surface area contributed by atoms with Crippen LogP contribution >= 0.6 is 0 Å². The van der Waals surface area contributed by atoms with Crippen molar-refractivity contribution in [1.82, 2.24) is 0 Å². The van der Waals surface area contributed by atoms with Crippen LogP contribution in [-0.4, -0.2) is 0 Å². The summed E-state index contributed by atoms with van der Waals surface area (Å²) in [5, 5.41) is 0. The monoisotopic (exact) mass is 212 g/mol. The lowest BCUT2D eigenvalue weighted by Crippen LogP contribution is -1.86. The molecular formula is C15H13F. The largest absolute Gasteiger partial charge is 0.207 e. The van der Waals surface area contributed by atoms with Crippen molar-refractivity contribution < 1.29 is 4.39 Å². The van der Waals surface area contributed by atoms with Crippen LogP contribution in [0.4, 0.5) is 4.39 Å². The van der Waals surface area contributed by atoms with Crippen LogP contribution in [0, 0.1) is 49.3 Å². The van der Waals surface area contributed by atoms with Crippen LogP contribution in [0.2, 0.25) is 0 Å². The molecule has 0 N–H and O–H groups in total. The van der Waals surface area contributed by atoms with Crippen molar-refractivity contribution in [3.63, 3.8) is 0 Å². The molecule has 0 heterocycles. The van der Waals surface area contributed by atoms with E-state index in [1.807, 2.05) is 26.0 Å². The highest BCUT2D eigenvalue weighted by atomic mass is 19.1. The van der Waals surface area contributed by atoms with Crippen molar-refractivity contribution in [2.24, 2.45) is 0 Å². The zero-order valence-corrected chi connectivity index (χ0v) is 9.47. The Balaban J connectivity index is 0.000000325. The molecule has 0 amide bonds.